The van der Waals surface area contributed by atoms with E-state index in [0.29, 0.717) is 18.0 Å². The Balaban J connectivity index is 2.10. The second-order valence-electron chi connectivity index (χ2n) is 5.14. The zero-order chi connectivity index (χ0) is 13.8. The van der Waals surface area contributed by atoms with E-state index in [1.54, 1.807) is 6.20 Å². The lowest BCUT2D eigenvalue weighted by atomic mass is 10.0. The van der Waals surface area contributed by atoms with Crippen molar-refractivity contribution in [3.8, 4) is 0 Å². The maximum absolute atomic E-state index is 11.9. The molecule has 1 unspecified atom stereocenters. The molecule has 1 amide bonds. The number of carbonyl (C=O) groups is 1. The van der Waals surface area contributed by atoms with E-state index in [4.69, 9.17) is 5.73 Å². The average Bonchev–Trinajstić information content (AvgIpc) is 2.37. The molecular formula is C15H19N3O. The summed E-state index contributed by atoms with van der Waals surface area (Å²) in [4.78, 5) is 16.2. The highest BCUT2D eigenvalue weighted by Gasteiger charge is 2.15. The molecule has 19 heavy (non-hydrogen) atoms. The first-order valence-corrected chi connectivity index (χ1v) is 6.47. The van der Waals surface area contributed by atoms with E-state index >= 15 is 0 Å². The van der Waals surface area contributed by atoms with Crippen LogP contribution in [0.5, 0.6) is 0 Å². The predicted molar refractivity (Wildman–Crippen MR) is 77.8 cm³/mol. The van der Waals surface area contributed by atoms with Gasteiger partial charge in [0.2, 0.25) is 5.91 Å². The van der Waals surface area contributed by atoms with Gasteiger partial charge in [-0.3, -0.25) is 9.78 Å². The van der Waals surface area contributed by atoms with Crippen LogP contribution in [-0.2, 0) is 4.79 Å². The zero-order valence-corrected chi connectivity index (χ0v) is 11.3. The predicted octanol–water partition coefficient (Wildman–Crippen LogP) is 2.55. The van der Waals surface area contributed by atoms with Crippen molar-refractivity contribution in [3.05, 3.63) is 36.5 Å². The molecule has 0 aliphatic heterocycles. The lowest BCUT2D eigenvalue weighted by Crippen LogP contribution is -2.36. The first kappa shape index (κ1) is 13.5. The fourth-order valence-electron chi connectivity index (χ4n) is 1.99. The van der Waals surface area contributed by atoms with Crippen molar-refractivity contribution in [2.24, 2.45) is 11.7 Å². The normalized spacial score (nSPS) is 12.6. The number of pyridine rings is 1. The molecule has 4 nitrogen and oxygen atoms in total. The molecule has 1 heterocycles. The van der Waals surface area contributed by atoms with E-state index < -0.39 is 6.04 Å². The minimum Gasteiger partial charge on any atom is -0.323 e. The molecule has 0 fully saturated rings. The van der Waals surface area contributed by atoms with Gasteiger partial charge in [0.15, 0.2) is 0 Å². The number of nitrogens with two attached hydrogens (primary N) is 1. The second kappa shape index (κ2) is 5.80. The molecule has 100 valence electrons. The molecule has 0 saturated heterocycles. The van der Waals surface area contributed by atoms with Crippen molar-refractivity contribution < 1.29 is 4.79 Å². The quantitative estimate of drug-likeness (QED) is 0.884. The molecule has 0 saturated carbocycles. The standard InChI is InChI=1S/C15H19N3O/c1-10(2)7-13(16)15(19)18-12-8-11-5-3-4-6-14(11)17-9-12/h3-6,8-10,13H,7,16H2,1-2H3,(H,18,19). The maximum atomic E-state index is 11.9. The molecule has 1 aromatic heterocycles. The number of benzene rings is 1. The minimum absolute atomic E-state index is 0.161. The topological polar surface area (TPSA) is 68.0 Å². The number of amides is 1. The summed E-state index contributed by atoms with van der Waals surface area (Å²) in [6, 6.07) is 9.21. The van der Waals surface area contributed by atoms with Crippen molar-refractivity contribution in [3.63, 3.8) is 0 Å². The summed E-state index contributed by atoms with van der Waals surface area (Å²) in [6.45, 7) is 4.09. The van der Waals surface area contributed by atoms with Crippen molar-refractivity contribution in [2.45, 2.75) is 26.3 Å². The van der Waals surface area contributed by atoms with Crippen LogP contribution in [-0.4, -0.2) is 16.9 Å². The van der Waals surface area contributed by atoms with E-state index in [-0.39, 0.29) is 5.91 Å². The third-order valence-electron chi connectivity index (χ3n) is 2.92. The fraction of sp³-hybridized carbons (Fsp3) is 0.333. The summed E-state index contributed by atoms with van der Waals surface area (Å²) in [5, 5.41) is 3.81. The largest absolute Gasteiger partial charge is 0.323 e. The van der Waals surface area contributed by atoms with Crippen LogP contribution >= 0.6 is 0 Å². The molecule has 1 atom stereocenters. The van der Waals surface area contributed by atoms with E-state index in [9.17, 15) is 4.79 Å². The Hall–Kier alpha value is -1.94. The Morgan fingerprint density at radius 2 is 2.11 bits per heavy atom. The summed E-state index contributed by atoms with van der Waals surface area (Å²) in [5.74, 6) is 0.237. The van der Waals surface area contributed by atoms with Gasteiger partial charge in [0.25, 0.3) is 0 Å². The number of aromatic nitrogens is 1. The van der Waals surface area contributed by atoms with Crippen LogP contribution in [0.4, 0.5) is 5.69 Å². The molecule has 3 N–H and O–H groups in total. The van der Waals surface area contributed by atoms with Gasteiger partial charge in [0.05, 0.1) is 23.4 Å². The van der Waals surface area contributed by atoms with Gasteiger partial charge in [-0.2, -0.15) is 0 Å². The van der Waals surface area contributed by atoms with E-state index in [0.717, 1.165) is 10.9 Å². The first-order valence-electron chi connectivity index (χ1n) is 6.47. The Morgan fingerprint density at radius 1 is 1.37 bits per heavy atom. The van der Waals surface area contributed by atoms with Crippen LogP contribution in [0.15, 0.2) is 36.5 Å². The number of carbonyl (C=O) groups excluding carboxylic acids is 1. The SMILES string of the molecule is CC(C)CC(N)C(=O)Nc1cnc2ccccc2c1. The van der Waals surface area contributed by atoms with E-state index in [1.165, 1.54) is 0 Å². The molecule has 0 aliphatic rings. The van der Waals surface area contributed by atoms with Crippen LogP contribution < -0.4 is 11.1 Å². The summed E-state index contributed by atoms with van der Waals surface area (Å²) in [7, 11) is 0. The molecule has 2 aromatic rings. The van der Waals surface area contributed by atoms with Crippen molar-refractivity contribution in [1.29, 1.82) is 0 Å². The Kier molecular flexibility index (Phi) is 4.12. The lowest BCUT2D eigenvalue weighted by molar-refractivity contribution is -0.117. The van der Waals surface area contributed by atoms with Gasteiger partial charge in [0.1, 0.15) is 0 Å². The Bertz CT molecular complexity index is 580. The first-order chi connectivity index (χ1) is 9.06. The van der Waals surface area contributed by atoms with E-state index in [2.05, 4.69) is 10.3 Å². The fourth-order valence-corrected chi connectivity index (χ4v) is 1.99. The summed E-state index contributed by atoms with van der Waals surface area (Å²) < 4.78 is 0. The lowest BCUT2D eigenvalue weighted by Gasteiger charge is -2.14. The Labute approximate surface area is 113 Å². The minimum atomic E-state index is -0.480. The molecule has 2 rings (SSSR count). The van der Waals surface area contributed by atoms with Gasteiger partial charge in [-0.25, -0.2) is 0 Å². The number of fused-ring (bicyclic) bond motifs is 1. The second-order valence-corrected chi connectivity index (χ2v) is 5.14. The molecular weight excluding hydrogens is 238 g/mol. The number of hydrogen-bond acceptors (Lipinski definition) is 3. The van der Waals surface area contributed by atoms with Crippen molar-refractivity contribution >= 4 is 22.5 Å². The third kappa shape index (κ3) is 3.51. The average molecular weight is 257 g/mol. The molecule has 1 aromatic carbocycles. The van der Waals surface area contributed by atoms with Crippen molar-refractivity contribution in [1.82, 2.24) is 4.98 Å². The van der Waals surface area contributed by atoms with Gasteiger partial charge in [-0.15, -0.1) is 0 Å². The number of anilines is 1. The smallest absolute Gasteiger partial charge is 0.241 e. The van der Waals surface area contributed by atoms with Crippen LogP contribution in [0.25, 0.3) is 10.9 Å². The summed E-state index contributed by atoms with van der Waals surface area (Å²) >= 11 is 0. The maximum Gasteiger partial charge on any atom is 0.241 e. The van der Waals surface area contributed by atoms with Crippen molar-refractivity contribution in [2.75, 3.05) is 5.32 Å². The number of para-hydroxylation sites is 1. The zero-order valence-electron chi connectivity index (χ0n) is 11.3. The molecule has 0 radical (unpaired) electrons. The number of nitrogens with zero attached hydrogens (tertiary/aromatic N) is 1. The highest BCUT2D eigenvalue weighted by Crippen LogP contribution is 2.16. The monoisotopic (exact) mass is 257 g/mol. The van der Waals surface area contributed by atoms with Gasteiger partial charge in [-0.1, -0.05) is 32.0 Å². The Morgan fingerprint density at radius 3 is 2.84 bits per heavy atom. The molecule has 0 bridgehead atoms. The van der Waals surface area contributed by atoms with Gasteiger partial charge < -0.3 is 11.1 Å². The van der Waals surface area contributed by atoms with Crippen LogP contribution in [0.1, 0.15) is 20.3 Å². The van der Waals surface area contributed by atoms with Gasteiger partial charge >= 0.3 is 0 Å². The summed E-state index contributed by atoms with van der Waals surface area (Å²) in [6.07, 6.45) is 2.33. The highest BCUT2D eigenvalue weighted by atomic mass is 16.2. The van der Waals surface area contributed by atoms with Gasteiger partial charge in [-0.05, 0) is 24.5 Å². The van der Waals surface area contributed by atoms with Crippen LogP contribution in [0.2, 0.25) is 0 Å². The third-order valence-corrected chi connectivity index (χ3v) is 2.92. The number of nitrogens with one attached hydrogen (secondary N) is 1. The molecule has 4 heteroatoms. The highest BCUT2D eigenvalue weighted by molar-refractivity contribution is 5.96. The number of hydrogen-bond donors (Lipinski definition) is 2. The van der Waals surface area contributed by atoms with Gasteiger partial charge in [0, 0.05) is 5.39 Å². The number of rotatable bonds is 4. The summed E-state index contributed by atoms with van der Waals surface area (Å²) in [5.41, 5.74) is 7.44. The van der Waals surface area contributed by atoms with Crippen LogP contribution in [0.3, 0.4) is 0 Å². The molecule has 0 aliphatic carbocycles. The molecule has 0 spiro atoms. The van der Waals surface area contributed by atoms with Crippen LogP contribution in [0, 0.1) is 5.92 Å². The van der Waals surface area contributed by atoms with E-state index in [1.807, 2.05) is 44.2 Å².